The van der Waals surface area contributed by atoms with E-state index in [2.05, 4.69) is 47.0 Å². The number of para-hydroxylation sites is 1. The number of nitrogens with zero attached hydrogens (tertiary/aromatic N) is 5. The van der Waals surface area contributed by atoms with Gasteiger partial charge in [0.05, 0.1) is 23.6 Å². The van der Waals surface area contributed by atoms with Crippen LogP contribution in [0, 0.1) is 0 Å². The molecule has 2 bridgehead atoms. The molecule has 1 saturated carbocycles. The average molecular weight is 654 g/mol. The van der Waals surface area contributed by atoms with Gasteiger partial charge in [-0.2, -0.15) is 0 Å². The zero-order valence-electron chi connectivity index (χ0n) is 25.5. The summed E-state index contributed by atoms with van der Waals surface area (Å²) in [6.45, 7) is 2.97. The summed E-state index contributed by atoms with van der Waals surface area (Å²) in [5.74, 6) is 1.35. The second kappa shape index (κ2) is 13.3. The molecule has 0 amide bonds. The first-order valence-electron chi connectivity index (χ1n) is 15.9. The minimum Gasteiger partial charge on any atom is -0.474 e. The van der Waals surface area contributed by atoms with Crippen molar-refractivity contribution >= 4 is 25.0 Å². The molecule has 3 aromatic rings. The summed E-state index contributed by atoms with van der Waals surface area (Å²) in [6.07, 6.45) is 8.68. The maximum Gasteiger partial charge on any atom is 0.472 e. The highest BCUT2D eigenvalue weighted by molar-refractivity contribution is 7.46. The van der Waals surface area contributed by atoms with Crippen LogP contribution in [0.5, 0.6) is 11.6 Å². The quantitative estimate of drug-likeness (QED) is 0.175. The lowest BCUT2D eigenvalue weighted by atomic mass is 9.91. The van der Waals surface area contributed by atoms with Crippen molar-refractivity contribution in [3.63, 3.8) is 0 Å². The summed E-state index contributed by atoms with van der Waals surface area (Å²) in [7, 11) is -4.67. The first-order chi connectivity index (χ1) is 22.3. The average Bonchev–Trinajstić information content (AvgIpc) is 3.29. The van der Waals surface area contributed by atoms with Crippen LogP contribution in [0.25, 0.3) is 11.3 Å². The molecule has 2 aromatic heterocycles. The molecule has 4 aliphatic rings. The number of hydrogen-bond donors (Lipinski definition) is 4. The predicted molar refractivity (Wildman–Crippen MR) is 171 cm³/mol. The van der Waals surface area contributed by atoms with Crippen molar-refractivity contribution < 1.29 is 33.1 Å². The number of rotatable bonds is 11. The van der Waals surface area contributed by atoms with Gasteiger partial charge in [0.2, 0.25) is 5.88 Å². The summed E-state index contributed by atoms with van der Waals surface area (Å²) in [4.78, 5) is 27.3. The molecule has 2 unspecified atom stereocenters. The van der Waals surface area contributed by atoms with Crippen molar-refractivity contribution in [2.75, 3.05) is 48.5 Å². The standard InChI is InChI=1S/C31H40N7O7P/c32-31-28(16-27(35-36-31)26-3-1-2-4-29(26)42-19-43-46(39,40)41)37-17-21-5-6-22(18-37)38(21)20-7-12-34-30(13-20)45-25-14-24(15-25)44-23-8-10-33-11-9-23/h1-4,7,12-13,16,21-25,33H,5-6,8-11,14-15,17-19H2,(H2,32,36)(H2,39,40,41)/t21?,22?,24-,25-. The molecule has 0 spiro atoms. The smallest absolute Gasteiger partial charge is 0.472 e. The van der Waals surface area contributed by atoms with Crippen molar-refractivity contribution in [2.45, 2.75) is 68.9 Å². The van der Waals surface area contributed by atoms with Crippen LogP contribution in [0.15, 0.2) is 48.7 Å². The zero-order valence-corrected chi connectivity index (χ0v) is 26.4. The number of pyridine rings is 1. The van der Waals surface area contributed by atoms with Crippen LogP contribution in [0.3, 0.4) is 0 Å². The van der Waals surface area contributed by atoms with Crippen LogP contribution < -0.4 is 30.3 Å². The Morgan fingerprint density at radius 3 is 2.48 bits per heavy atom. The SMILES string of the molecule is Nc1nnc(-c2ccccc2OCOP(=O)(O)O)cc1N1CC2CCC(C1)N2c1ccnc(O[C@H]2C[C@H](OC3CCNCC3)C2)c1. The Morgan fingerprint density at radius 1 is 0.957 bits per heavy atom. The molecule has 1 aliphatic carbocycles. The number of nitrogens with two attached hydrogens (primary N) is 1. The molecular weight excluding hydrogens is 613 g/mol. The van der Waals surface area contributed by atoms with Crippen LogP contribution in [0.1, 0.15) is 38.5 Å². The Bertz CT molecular complexity index is 1550. The van der Waals surface area contributed by atoms with Gasteiger partial charge < -0.3 is 44.8 Å². The molecule has 7 rings (SSSR count). The fraction of sp³-hybridized carbons (Fsp3) is 0.516. The molecule has 14 nitrogen and oxygen atoms in total. The van der Waals surface area contributed by atoms with E-state index in [9.17, 15) is 4.57 Å². The number of nitrogen functional groups attached to an aromatic ring is 1. The number of piperidine rings is 1. The van der Waals surface area contributed by atoms with E-state index in [1.807, 2.05) is 18.3 Å². The van der Waals surface area contributed by atoms with Crippen LogP contribution >= 0.6 is 7.82 Å². The molecule has 5 N–H and O–H groups in total. The predicted octanol–water partition coefficient (Wildman–Crippen LogP) is 3.10. The maximum atomic E-state index is 11.1. The normalized spacial score (nSPS) is 24.9. The summed E-state index contributed by atoms with van der Waals surface area (Å²) in [5, 5.41) is 11.9. The fourth-order valence-corrected chi connectivity index (χ4v) is 7.17. The lowest BCUT2D eigenvalue weighted by Gasteiger charge is -2.43. The van der Waals surface area contributed by atoms with E-state index in [1.165, 1.54) is 0 Å². The van der Waals surface area contributed by atoms with E-state index in [-0.39, 0.29) is 24.3 Å². The van der Waals surface area contributed by atoms with E-state index < -0.39 is 14.6 Å². The highest BCUT2D eigenvalue weighted by Gasteiger charge is 2.41. The minimum atomic E-state index is -4.67. The molecule has 1 aromatic carbocycles. The summed E-state index contributed by atoms with van der Waals surface area (Å²) < 4.78 is 33.6. The number of piperazine rings is 1. The number of benzene rings is 1. The van der Waals surface area contributed by atoms with Gasteiger partial charge >= 0.3 is 7.82 Å². The van der Waals surface area contributed by atoms with E-state index in [4.69, 9.17) is 29.7 Å². The number of aromatic nitrogens is 3. The van der Waals surface area contributed by atoms with Gasteiger partial charge in [-0.3, -0.25) is 0 Å². The van der Waals surface area contributed by atoms with Crippen LogP contribution in [0.2, 0.25) is 0 Å². The summed E-state index contributed by atoms with van der Waals surface area (Å²) in [6, 6.07) is 13.6. The number of hydrogen-bond acceptors (Lipinski definition) is 12. The van der Waals surface area contributed by atoms with E-state index in [0.717, 1.165) is 76.1 Å². The van der Waals surface area contributed by atoms with Crippen LogP contribution in [-0.2, 0) is 13.8 Å². The third kappa shape index (κ3) is 7.07. The Morgan fingerprint density at radius 2 is 1.72 bits per heavy atom. The van der Waals surface area contributed by atoms with Gasteiger partial charge in [-0.15, -0.1) is 10.2 Å². The first-order valence-corrected chi connectivity index (χ1v) is 17.4. The molecule has 46 heavy (non-hydrogen) atoms. The van der Waals surface area contributed by atoms with Crippen molar-refractivity contribution in [3.8, 4) is 22.9 Å². The van der Waals surface area contributed by atoms with Crippen molar-refractivity contribution in [3.05, 3.63) is 48.7 Å². The van der Waals surface area contributed by atoms with Gasteiger partial charge in [0.15, 0.2) is 12.6 Å². The lowest BCUT2D eigenvalue weighted by molar-refractivity contribution is -0.103. The number of ether oxygens (including phenoxy) is 3. The largest absolute Gasteiger partial charge is 0.474 e. The number of phosphoric ester groups is 1. The third-order valence-corrected chi connectivity index (χ3v) is 9.69. The van der Waals surface area contributed by atoms with Gasteiger partial charge in [-0.05, 0) is 63.0 Å². The van der Waals surface area contributed by atoms with E-state index in [1.54, 1.807) is 18.2 Å². The second-order valence-corrected chi connectivity index (χ2v) is 13.6. The first kappa shape index (κ1) is 31.1. The van der Waals surface area contributed by atoms with Gasteiger partial charge in [-0.25, -0.2) is 14.1 Å². The Kier molecular flexibility index (Phi) is 8.99. The van der Waals surface area contributed by atoms with Gasteiger partial charge in [0.25, 0.3) is 0 Å². The Labute approximate surface area is 267 Å². The maximum absolute atomic E-state index is 11.1. The molecule has 2 atom stereocenters. The highest BCUT2D eigenvalue weighted by atomic mass is 31.2. The zero-order chi connectivity index (χ0) is 31.7. The second-order valence-electron chi connectivity index (χ2n) is 12.3. The highest BCUT2D eigenvalue weighted by Crippen LogP contribution is 2.41. The number of anilines is 3. The molecule has 3 aliphatic heterocycles. The van der Waals surface area contributed by atoms with Crippen molar-refractivity contribution in [1.82, 2.24) is 20.5 Å². The minimum absolute atomic E-state index is 0.133. The Hall–Kier alpha value is -3.52. The molecule has 3 saturated heterocycles. The van der Waals surface area contributed by atoms with Gasteiger partial charge in [0, 0.05) is 61.5 Å². The van der Waals surface area contributed by atoms with Gasteiger partial charge in [-0.1, -0.05) is 12.1 Å². The van der Waals surface area contributed by atoms with Crippen LogP contribution in [0.4, 0.5) is 17.2 Å². The number of nitrogens with one attached hydrogen (secondary N) is 1. The van der Waals surface area contributed by atoms with Gasteiger partial charge in [0.1, 0.15) is 11.9 Å². The molecule has 0 radical (unpaired) electrons. The summed E-state index contributed by atoms with van der Waals surface area (Å²) in [5.41, 5.74) is 9.40. The molecular formula is C31H40N7O7P. The number of phosphoric acid groups is 1. The topological polar surface area (TPSA) is 178 Å². The molecule has 4 fully saturated rings. The third-order valence-electron chi connectivity index (χ3n) is 9.25. The lowest BCUT2D eigenvalue weighted by Crippen LogP contribution is -2.54. The van der Waals surface area contributed by atoms with Crippen LogP contribution in [-0.4, -0.2) is 88.3 Å². The monoisotopic (exact) mass is 653 g/mol. The summed E-state index contributed by atoms with van der Waals surface area (Å²) >= 11 is 0. The molecule has 15 heteroatoms. The molecule has 246 valence electrons. The van der Waals surface area contributed by atoms with E-state index in [0.29, 0.717) is 34.8 Å². The number of fused-ring (bicyclic) bond motifs is 2. The van der Waals surface area contributed by atoms with E-state index >= 15 is 0 Å². The molecule has 5 heterocycles. The fourth-order valence-electron chi connectivity index (χ4n) is 6.98. The van der Waals surface area contributed by atoms with Crippen molar-refractivity contribution in [1.29, 1.82) is 0 Å². The Balaban J connectivity index is 1.000. The van der Waals surface area contributed by atoms with Crippen molar-refractivity contribution in [2.24, 2.45) is 0 Å².